The number of ether oxygens (including phenoxy) is 1. The third-order valence-corrected chi connectivity index (χ3v) is 4.12. The second kappa shape index (κ2) is 4.79. The van der Waals surface area contributed by atoms with Crippen LogP contribution in [0.4, 0.5) is 0 Å². The molecule has 0 radical (unpaired) electrons. The molecule has 1 aromatic heterocycles. The van der Waals surface area contributed by atoms with E-state index in [-0.39, 0.29) is 11.3 Å². The Morgan fingerprint density at radius 1 is 1.33 bits per heavy atom. The van der Waals surface area contributed by atoms with Crippen molar-refractivity contribution in [2.45, 2.75) is 33.7 Å². The van der Waals surface area contributed by atoms with Crippen LogP contribution in [-0.4, -0.2) is 29.4 Å². The Morgan fingerprint density at radius 2 is 2.10 bits per heavy atom. The zero-order valence-corrected chi connectivity index (χ0v) is 13.1. The van der Waals surface area contributed by atoms with Crippen LogP contribution in [0, 0.1) is 5.41 Å². The van der Waals surface area contributed by atoms with Crippen molar-refractivity contribution in [2.75, 3.05) is 13.7 Å². The average Bonchev–Trinajstić information content (AvgIpc) is 2.83. The van der Waals surface area contributed by atoms with Gasteiger partial charge in [-0.2, -0.15) is 0 Å². The molecule has 1 aromatic carbocycles. The molecule has 4 heteroatoms. The number of H-pyrrole nitrogens is 1. The van der Waals surface area contributed by atoms with Crippen LogP contribution in [0.3, 0.4) is 0 Å². The zero-order chi connectivity index (χ0) is 15.2. The van der Waals surface area contributed by atoms with Crippen LogP contribution in [0.25, 0.3) is 10.9 Å². The van der Waals surface area contributed by atoms with Crippen molar-refractivity contribution >= 4 is 16.8 Å². The van der Waals surface area contributed by atoms with Gasteiger partial charge in [0.05, 0.1) is 12.6 Å². The van der Waals surface area contributed by atoms with Crippen molar-refractivity contribution in [1.29, 1.82) is 0 Å². The fourth-order valence-electron chi connectivity index (χ4n) is 3.03. The van der Waals surface area contributed by atoms with E-state index in [1.54, 1.807) is 7.11 Å². The normalized spacial score (nSPS) is 15.1. The van der Waals surface area contributed by atoms with E-state index in [9.17, 15) is 4.79 Å². The highest BCUT2D eigenvalue weighted by molar-refractivity contribution is 5.90. The van der Waals surface area contributed by atoms with Gasteiger partial charge in [-0.25, -0.2) is 0 Å². The monoisotopic (exact) mass is 286 g/mol. The van der Waals surface area contributed by atoms with Crippen LogP contribution in [0.1, 0.15) is 32.0 Å². The number of nitrogens with one attached hydrogen (secondary N) is 1. The summed E-state index contributed by atoms with van der Waals surface area (Å²) in [6, 6.07) is 6.06. The van der Waals surface area contributed by atoms with Gasteiger partial charge in [0.15, 0.2) is 0 Å². The number of benzene rings is 1. The smallest absolute Gasteiger partial charge is 0.228 e. The van der Waals surface area contributed by atoms with E-state index in [1.807, 2.05) is 37.8 Å². The Balaban J connectivity index is 2.01. The maximum Gasteiger partial charge on any atom is 0.228 e. The van der Waals surface area contributed by atoms with Crippen molar-refractivity contribution in [2.24, 2.45) is 5.41 Å². The molecule has 0 saturated heterocycles. The predicted octanol–water partition coefficient (Wildman–Crippen LogP) is 3.11. The first-order valence-corrected chi connectivity index (χ1v) is 7.37. The number of fused-ring (bicyclic) bond motifs is 3. The Kier molecular flexibility index (Phi) is 3.19. The van der Waals surface area contributed by atoms with Gasteiger partial charge in [-0.15, -0.1) is 0 Å². The van der Waals surface area contributed by atoms with Crippen LogP contribution in [0.5, 0.6) is 5.75 Å². The second-order valence-corrected chi connectivity index (χ2v) is 6.69. The molecule has 1 amide bonds. The summed E-state index contributed by atoms with van der Waals surface area (Å²) in [5.41, 5.74) is 3.16. The lowest BCUT2D eigenvalue weighted by molar-refractivity contribution is -0.140. The van der Waals surface area contributed by atoms with Crippen LogP contribution < -0.4 is 4.74 Å². The minimum absolute atomic E-state index is 0.213. The highest BCUT2D eigenvalue weighted by Gasteiger charge is 2.31. The van der Waals surface area contributed by atoms with E-state index < -0.39 is 0 Å². The van der Waals surface area contributed by atoms with Gasteiger partial charge in [0, 0.05) is 41.6 Å². The quantitative estimate of drug-likeness (QED) is 0.875. The summed E-state index contributed by atoms with van der Waals surface area (Å²) >= 11 is 0. The summed E-state index contributed by atoms with van der Waals surface area (Å²) in [6.45, 7) is 7.38. The van der Waals surface area contributed by atoms with E-state index in [1.165, 1.54) is 11.3 Å². The molecule has 4 nitrogen and oxygen atoms in total. The Hall–Kier alpha value is -1.97. The molecule has 1 aliphatic heterocycles. The van der Waals surface area contributed by atoms with Gasteiger partial charge >= 0.3 is 0 Å². The van der Waals surface area contributed by atoms with E-state index in [2.05, 4.69) is 11.1 Å². The van der Waals surface area contributed by atoms with E-state index in [0.29, 0.717) is 6.54 Å². The van der Waals surface area contributed by atoms with Gasteiger partial charge in [0.2, 0.25) is 5.91 Å². The molecule has 2 aromatic rings. The highest BCUT2D eigenvalue weighted by Crippen LogP contribution is 2.33. The standard InChI is InChI=1S/C17H22N2O2/c1-17(2,3)16(20)19-9-8-13-12(10-19)11-6-5-7-14(21-4)15(11)18-13/h5-7,18H,8-10H2,1-4H3. The van der Waals surface area contributed by atoms with Gasteiger partial charge in [-0.3, -0.25) is 4.79 Å². The number of para-hydroxylation sites is 1. The van der Waals surface area contributed by atoms with Gasteiger partial charge in [0.1, 0.15) is 5.75 Å². The lowest BCUT2D eigenvalue weighted by Crippen LogP contribution is -2.42. The van der Waals surface area contributed by atoms with Crippen LogP contribution in [0.15, 0.2) is 18.2 Å². The summed E-state index contributed by atoms with van der Waals surface area (Å²) in [4.78, 5) is 17.9. The molecule has 0 saturated carbocycles. The minimum Gasteiger partial charge on any atom is -0.495 e. The van der Waals surface area contributed by atoms with Crippen LogP contribution in [-0.2, 0) is 17.8 Å². The summed E-state index contributed by atoms with van der Waals surface area (Å²) in [5, 5.41) is 1.16. The SMILES string of the molecule is COc1cccc2c3c([nH]c12)CCN(C(=O)C(C)(C)C)C3. The summed E-state index contributed by atoms with van der Waals surface area (Å²) < 4.78 is 5.42. The van der Waals surface area contributed by atoms with Crippen molar-refractivity contribution in [3.8, 4) is 5.75 Å². The van der Waals surface area contributed by atoms with Crippen molar-refractivity contribution in [3.63, 3.8) is 0 Å². The van der Waals surface area contributed by atoms with Gasteiger partial charge in [-0.05, 0) is 6.07 Å². The van der Waals surface area contributed by atoms with Crippen molar-refractivity contribution in [1.82, 2.24) is 9.88 Å². The van der Waals surface area contributed by atoms with E-state index >= 15 is 0 Å². The maximum atomic E-state index is 12.5. The van der Waals surface area contributed by atoms with Crippen molar-refractivity contribution in [3.05, 3.63) is 29.5 Å². The summed E-state index contributed by atoms with van der Waals surface area (Å²) in [7, 11) is 1.68. The first kappa shape index (κ1) is 14.0. The second-order valence-electron chi connectivity index (χ2n) is 6.69. The molecular formula is C17H22N2O2. The first-order chi connectivity index (χ1) is 9.91. The lowest BCUT2D eigenvalue weighted by atomic mass is 9.93. The average molecular weight is 286 g/mol. The Labute approximate surface area is 125 Å². The fourth-order valence-corrected chi connectivity index (χ4v) is 3.03. The number of carbonyl (C=O) groups is 1. The number of amides is 1. The highest BCUT2D eigenvalue weighted by atomic mass is 16.5. The maximum absolute atomic E-state index is 12.5. The largest absolute Gasteiger partial charge is 0.495 e. The minimum atomic E-state index is -0.332. The summed E-state index contributed by atoms with van der Waals surface area (Å²) in [5.74, 6) is 1.07. The molecule has 0 fully saturated rings. The molecule has 3 rings (SSSR count). The molecule has 0 aliphatic carbocycles. The molecule has 2 heterocycles. The van der Waals surface area contributed by atoms with Crippen LogP contribution in [0.2, 0.25) is 0 Å². The van der Waals surface area contributed by atoms with Gasteiger partial charge in [0.25, 0.3) is 0 Å². The number of methoxy groups -OCH3 is 1. The molecule has 0 bridgehead atoms. The molecule has 0 unspecified atom stereocenters. The van der Waals surface area contributed by atoms with Gasteiger partial charge in [-0.1, -0.05) is 32.9 Å². The molecule has 1 aliphatic rings. The number of rotatable bonds is 1. The fraction of sp³-hybridized carbons (Fsp3) is 0.471. The molecule has 0 spiro atoms. The number of aromatic amines is 1. The zero-order valence-electron chi connectivity index (χ0n) is 13.1. The molecule has 0 atom stereocenters. The predicted molar refractivity (Wildman–Crippen MR) is 83.4 cm³/mol. The van der Waals surface area contributed by atoms with Crippen molar-refractivity contribution < 1.29 is 9.53 Å². The topological polar surface area (TPSA) is 45.3 Å². The third-order valence-electron chi connectivity index (χ3n) is 4.12. The van der Waals surface area contributed by atoms with Gasteiger partial charge < -0.3 is 14.6 Å². The Morgan fingerprint density at radius 3 is 2.76 bits per heavy atom. The number of hydrogen-bond acceptors (Lipinski definition) is 2. The Bertz CT molecular complexity index is 695. The van der Waals surface area contributed by atoms with Crippen LogP contribution >= 0.6 is 0 Å². The number of carbonyl (C=O) groups excluding carboxylic acids is 1. The summed E-state index contributed by atoms with van der Waals surface area (Å²) in [6.07, 6.45) is 0.870. The number of hydrogen-bond donors (Lipinski definition) is 1. The lowest BCUT2D eigenvalue weighted by Gasteiger charge is -2.32. The molecule has 112 valence electrons. The molecule has 1 N–H and O–H groups in total. The first-order valence-electron chi connectivity index (χ1n) is 7.37. The number of aromatic nitrogens is 1. The number of nitrogens with zero attached hydrogens (tertiary/aromatic N) is 1. The van der Waals surface area contributed by atoms with E-state index in [4.69, 9.17) is 4.74 Å². The molecule has 21 heavy (non-hydrogen) atoms. The van der Waals surface area contributed by atoms with E-state index in [0.717, 1.165) is 29.6 Å². The molecular weight excluding hydrogens is 264 g/mol. The third kappa shape index (κ3) is 2.28.